The van der Waals surface area contributed by atoms with E-state index < -0.39 is 0 Å². The van der Waals surface area contributed by atoms with Crippen molar-refractivity contribution >= 4 is 11.5 Å². The lowest BCUT2D eigenvalue weighted by Crippen LogP contribution is -2.14. The number of H-pyrrole nitrogens is 1. The Hall–Kier alpha value is -2.73. The summed E-state index contributed by atoms with van der Waals surface area (Å²) in [7, 11) is 0. The maximum atomic E-state index is 12.5. The van der Waals surface area contributed by atoms with Gasteiger partial charge in [-0.05, 0) is 37.3 Å². The van der Waals surface area contributed by atoms with Crippen LogP contribution >= 0.6 is 0 Å². The number of allylic oxidation sites excluding steroid dienone is 1. The van der Waals surface area contributed by atoms with Gasteiger partial charge in [-0.15, -0.1) is 6.42 Å². The van der Waals surface area contributed by atoms with Crippen LogP contribution in [0.3, 0.4) is 0 Å². The topological polar surface area (TPSA) is 44.9 Å². The van der Waals surface area contributed by atoms with Gasteiger partial charge in [-0.2, -0.15) is 0 Å². The molecule has 0 bridgehead atoms. The summed E-state index contributed by atoms with van der Waals surface area (Å²) in [6.45, 7) is 0.386. The molecule has 1 aliphatic rings. The number of nitrogens with one attached hydrogen (secondary N) is 2. The second-order valence-corrected chi connectivity index (χ2v) is 5.74. The minimum Gasteiger partial charge on any atom is -0.372 e. The van der Waals surface area contributed by atoms with Gasteiger partial charge in [0, 0.05) is 17.3 Å². The number of hydrogen-bond donors (Lipinski definition) is 2. The molecule has 0 fully saturated rings. The Bertz CT molecular complexity index is 739. The average molecular weight is 304 g/mol. The molecular formula is C20H20N2O. The number of ketones is 1. The van der Waals surface area contributed by atoms with Crippen LogP contribution in [0.25, 0.3) is 5.70 Å². The zero-order chi connectivity index (χ0) is 16.1. The molecule has 0 aliphatic heterocycles. The van der Waals surface area contributed by atoms with E-state index in [0.717, 1.165) is 24.2 Å². The van der Waals surface area contributed by atoms with E-state index in [1.165, 1.54) is 24.1 Å². The molecule has 1 aromatic carbocycles. The van der Waals surface area contributed by atoms with Crippen LogP contribution in [0.2, 0.25) is 0 Å². The summed E-state index contributed by atoms with van der Waals surface area (Å²) in [4.78, 5) is 15.9. The van der Waals surface area contributed by atoms with Gasteiger partial charge in [0.25, 0.3) is 0 Å². The van der Waals surface area contributed by atoms with E-state index in [4.69, 9.17) is 6.42 Å². The van der Waals surface area contributed by atoms with Gasteiger partial charge in [0.15, 0.2) is 5.78 Å². The van der Waals surface area contributed by atoms with E-state index in [9.17, 15) is 4.79 Å². The second kappa shape index (κ2) is 7.02. The van der Waals surface area contributed by atoms with E-state index in [1.807, 2.05) is 30.3 Å². The predicted octanol–water partition coefficient (Wildman–Crippen LogP) is 3.34. The number of aryl methyl sites for hydroxylation is 2. The third kappa shape index (κ3) is 3.54. The number of fused-ring (bicyclic) bond motifs is 1. The highest BCUT2D eigenvalue weighted by Crippen LogP contribution is 2.24. The molecule has 0 atom stereocenters. The summed E-state index contributed by atoms with van der Waals surface area (Å²) in [5.41, 5.74) is 5.00. The summed E-state index contributed by atoms with van der Waals surface area (Å²) in [6, 6.07) is 11.4. The van der Waals surface area contributed by atoms with Crippen molar-refractivity contribution < 1.29 is 4.79 Å². The van der Waals surface area contributed by atoms with Gasteiger partial charge in [-0.1, -0.05) is 36.3 Å². The van der Waals surface area contributed by atoms with Gasteiger partial charge in [0.05, 0.1) is 17.9 Å². The molecule has 0 saturated heterocycles. The van der Waals surface area contributed by atoms with Gasteiger partial charge in [-0.3, -0.25) is 4.79 Å². The summed E-state index contributed by atoms with van der Waals surface area (Å²) in [5, 5.41) is 3.17. The van der Waals surface area contributed by atoms with Crippen LogP contribution in [0.5, 0.6) is 0 Å². The Labute approximate surface area is 136 Å². The molecule has 116 valence electrons. The first kappa shape index (κ1) is 15.2. The molecular weight excluding hydrogens is 284 g/mol. The zero-order valence-corrected chi connectivity index (χ0v) is 13.1. The summed E-state index contributed by atoms with van der Waals surface area (Å²) >= 11 is 0. The van der Waals surface area contributed by atoms with Gasteiger partial charge >= 0.3 is 0 Å². The smallest absolute Gasteiger partial charge is 0.187 e. The number of benzene rings is 1. The first-order chi connectivity index (χ1) is 11.3. The van der Waals surface area contributed by atoms with Crippen molar-refractivity contribution in [3.63, 3.8) is 0 Å². The molecule has 2 N–H and O–H groups in total. The molecule has 2 aromatic rings. The third-order valence-corrected chi connectivity index (χ3v) is 4.12. The summed E-state index contributed by atoms with van der Waals surface area (Å²) in [5.74, 6) is 2.54. The predicted molar refractivity (Wildman–Crippen MR) is 93.0 cm³/mol. The minimum atomic E-state index is -0.0299. The van der Waals surface area contributed by atoms with Gasteiger partial charge < -0.3 is 10.3 Å². The molecule has 3 heteroatoms. The molecule has 3 nitrogen and oxygen atoms in total. The number of terminal acetylenes is 1. The SMILES string of the molecule is C#CCN/C(=C\C(=O)c1ccccc1)c1cc2c([nH]1)CCCC2. The molecule has 0 amide bonds. The van der Waals surface area contributed by atoms with Gasteiger partial charge in [0.2, 0.25) is 0 Å². The monoisotopic (exact) mass is 304 g/mol. The molecule has 0 saturated carbocycles. The zero-order valence-electron chi connectivity index (χ0n) is 13.1. The highest BCUT2D eigenvalue weighted by atomic mass is 16.1. The highest BCUT2D eigenvalue weighted by Gasteiger charge is 2.15. The van der Waals surface area contributed by atoms with Crippen LogP contribution in [-0.4, -0.2) is 17.3 Å². The highest BCUT2D eigenvalue weighted by molar-refractivity contribution is 6.08. The van der Waals surface area contributed by atoms with Crippen LogP contribution < -0.4 is 5.32 Å². The van der Waals surface area contributed by atoms with Crippen LogP contribution in [-0.2, 0) is 12.8 Å². The molecule has 23 heavy (non-hydrogen) atoms. The van der Waals surface area contributed by atoms with E-state index in [0.29, 0.717) is 12.1 Å². The lowest BCUT2D eigenvalue weighted by Gasteiger charge is -2.09. The molecule has 1 aromatic heterocycles. The quantitative estimate of drug-likeness (QED) is 0.505. The number of aromatic amines is 1. The fourth-order valence-electron chi connectivity index (χ4n) is 2.94. The van der Waals surface area contributed by atoms with Gasteiger partial charge in [-0.25, -0.2) is 0 Å². The van der Waals surface area contributed by atoms with E-state index in [-0.39, 0.29) is 5.78 Å². The first-order valence-corrected chi connectivity index (χ1v) is 7.97. The van der Waals surface area contributed by atoms with Crippen LogP contribution in [0.15, 0.2) is 42.5 Å². The van der Waals surface area contributed by atoms with E-state index in [1.54, 1.807) is 6.08 Å². The Morgan fingerprint density at radius 3 is 2.78 bits per heavy atom. The standard InChI is InChI=1S/C20H20N2O/c1-2-12-21-18(14-20(23)15-8-4-3-5-9-15)19-13-16-10-6-7-11-17(16)22-19/h1,3-5,8-9,13-14,21-22H,6-7,10-12H2/b18-14-. The second-order valence-electron chi connectivity index (χ2n) is 5.74. The van der Waals surface area contributed by atoms with Crippen LogP contribution in [0.1, 0.15) is 40.2 Å². The van der Waals surface area contributed by atoms with Crippen LogP contribution in [0.4, 0.5) is 0 Å². The van der Waals surface area contributed by atoms with Crippen molar-refractivity contribution in [2.24, 2.45) is 0 Å². The van der Waals surface area contributed by atoms with Crippen molar-refractivity contribution in [2.75, 3.05) is 6.54 Å². The maximum Gasteiger partial charge on any atom is 0.187 e. The molecule has 1 heterocycles. The Kier molecular flexibility index (Phi) is 4.63. The number of carbonyl (C=O) groups excluding carboxylic acids is 1. The van der Waals surface area contributed by atoms with Gasteiger partial charge in [0.1, 0.15) is 0 Å². The third-order valence-electron chi connectivity index (χ3n) is 4.12. The normalized spacial score (nSPS) is 14.0. The molecule has 0 unspecified atom stereocenters. The number of carbonyl (C=O) groups is 1. The minimum absolute atomic E-state index is 0.0299. The van der Waals surface area contributed by atoms with Crippen LogP contribution in [0, 0.1) is 12.3 Å². The lowest BCUT2D eigenvalue weighted by atomic mass is 9.98. The van der Waals surface area contributed by atoms with Crippen molar-refractivity contribution in [1.29, 1.82) is 0 Å². The summed E-state index contributed by atoms with van der Waals surface area (Å²) in [6.07, 6.45) is 11.6. The van der Waals surface area contributed by atoms with Crippen molar-refractivity contribution in [1.82, 2.24) is 10.3 Å². The van der Waals surface area contributed by atoms with Crippen molar-refractivity contribution in [3.8, 4) is 12.3 Å². The van der Waals surface area contributed by atoms with Crippen molar-refractivity contribution in [3.05, 3.63) is 65.0 Å². The Morgan fingerprint density at radius 1 is 1.26 bits per heavy atom. The molecule has 0 radical (unpaired) electrons. The Balaban J connectivity index is 1.91. The largest absolute Gasteiger partial charge is 0.372 e. The molecule has 0 spiro atoms. The average Bonchev–Trinajstić information content (AvgIpc) is 3.03. The molecule has 1 aliphatic carbocycles. The fourth-order valence-corrected chi connectivity index (χ4v) is 2.94. The fraction of sp³-hybridized carbons (Fsp3) is 0.250. The van der Waals surface area contributed by atoms with Crippen molar-refractivity contribution in [2.45, 2.75) is 25.7 Å². The van der Waals surface area contributed by atoms with E-state index >= 15 is 0 Å². The first-order valence-electron chi connectivity index (χ1n) is 7.97. The Morgan fingerprint density at radius 2 is 2.04 bits per heavy atom. The number of hydrogen-bond acceptors (Lipinski definition) is 2. The number of aromatic nitrogens is 1. The number of rotatable bonds is 5. The van der Waals surface area contributed by atoms with E-state index in [2.05, 4.69) is 22.3 Å². The molecule has 3 rings (SSSR count). The maximum absolute atomic E-state index is 12.5. The lowest BCUT2D eigenvalue weighted by molar-refractivity contribution is 0.104. The summed E-state index contributed by atoms with van der Waals surface area (Å²) < 4.78 is 0.